The Morgan fingerprint density at radius 1 is 1.39 bits per heavy atom. The zero-order valence-electron chi connectivity index (χ0n) is 16.4. The van der Waals surface area contributed by atoms with Crippen LogP contribution < -0.4 is 10.2 Å². The van der Waals surface area contributed by atoms with Crippen LogP contribution in [0.1, 0.15) is 39.0 Å². The highest BCUT2D eigenvalue weighted by atomic mass is 16.6. The molecule has 3 rings (SSSR count). The predicted molar refractivity (Wildman–Crippen MR) is 99.5 cm³/mol. The number of rotatable bonds is 3. The molecule has 3 N–H and O–H groups in total. The highest BCUT2D eigenvalue weighted by molar-refractivity contribution is 5.87. The maximum Gasteiger partial charge on any atom is 0.340 e. The smallest absolute Gasteiger partial charge is 0.340 e. The van der Waals surface area contributed by atoms with Crippen LogP contribution in [0, 0.1) is 6.92 Å². The molecule has 0 saturated heterocycles. The van der Waals surface area contributed by atoms with Crippen molar-refractivity contribution in [2.45, 2.75) is 64.4 Å². The molecule has 2 heterocycles. The first-order chi connectivity index (χ1) is 12.8. The van der Waals surface area contributed by atoms with E-state index in [2.05, 4.69) is 0 Å². The van der Waals surface area contributed by atoms with E-state index in [1.807, 2.05) is 0 Å². The summed E-state index contributed by atoms with van der Waals surface area (Å²) in [6.07, 6.45) is -2.16. The Morgan fingerprint density at radius 2 is 2.04 bits per heavy atom. The maximum absolute atomic E-state index is 12.3. The van der Waals surface area contributed by atoms with Crippen molar-refractivity contribution in [2.24, 2.45) is 0 Å². The number of aliphatic hydroxyl groups is 2. The van der Waals surface area contributed by atoms with Gasteiger partial charge >= 0.3 is 5.97 Å². The Bertz CT molecular complexity index is 999. The molecule has 2 unspecified atom stereocenters. The Kier molecular flexibility index (Phi) is 4.68. The van der Waals surface area contributed by atoms with Crippen LogP contribution in [-0.2, 0) is 16.0 Å². The largest absolute Gasteiger partial charge is 0.507 e. The van der Waals surface area contributed by atoms with Gasteiger partial charge in [-0.15, -0.1) is 0 Å². The number of carbonyl (C=O) groups is 1. The molecule has 0 aliphatic carbocycles. The van der Waals surface area contributed by atoms with Gasteiger partial charge in [-0.05, 0) is 34.6 Å². The van der Waals surface area contributed by atoms with Crippen molar-refractivity contribution in [1.29, 1.82) is 0 Å². The number of phenolic OH excluding ortho intramolecular Hbond substituents is 1. The number of esters is 1. The number of carbonyl (C=O) groups excluding carboxylic acids is 1. The van der Waals surface area contributed by atoms with Crippen LogP contribution in [0.4, 0.5) is 0 Å². The molecule has 0 saturated carbocycles. The van der Waals surface area contributed by atoms with E-state index in [4.69, 9.17) is 13.9 Å². The summed E-state index contributed by atoms with van der Waals surface area (Å²) >= 11 is 0. The quantitative estimate of drug-likeness (QED) is 0.672. The van der Waals surface area contributed by atoms with Crippen molar-refractivity contribution in [3.8, 4) is 11.5 Å². The highest BCUT2D eigenvalue weighted by Gasteiger charge is 2.45. The second kappa shape index (κ2) is 6.49. The molecule has 0 amide bonds. The fraction of sp³-hybridized carbons (Fsp3) is 0.500. The maximum atomic E-state index is 12.3. The van der Waals surface area contributed by atoms with E-state index >= 15 is 0 Å². The molecular formula is C20H24O8. The van der Waals surface area contributed by atoms with Crippen LogP contribution in [0.25, 0.3) is 11.0 Å². The van der Waals surface area contributed by atoms with E-state index in [0.29, 0.717) is 17.1 Å². The van der Waals surface area contributed by atoms with Gasteiger partial charge in [-0.2, -0.15) is 0 Å². The molecule has 8 nitrogen and oxygen atoms in total. The Labute approximate surface area is 161 Å². The number of aryl methyl sites for hydroxylation is 1. The third-order valence-electron chi connectivity index (χ3n) is 5.19. The van der Waals surface area contributed by atoms with Crippen LogP contribution >= 0.6 is 0 Å². The lowest BCUT2D eigenvalue weighted by molar-refractivity contribution is -0.189. The van der Waals surface area contributed by atoms with Gasteiger partial charge in [0.15, 0.2) is 11.0 Å². The average molecular weight is 392 g/mol. The number of hydrogen-bond donors (Lipinski definition) is 3. The normalized spacial score (nSPS) is 21.3. The van der Waals surface area contributed by atoms with Gasteiger partial charge in [0.25, 0.3) is 0 Å². The molecule has 152 valence electrons. The fourth-order valence-corrected chi connectivity index (χ4v) is 3.11. The highest BCUT2D eigenvalue weighted by Crippen LogP contribution is 2.43. The first kappa shape index (κ1) is 20.2. The van der Waals surface area contributed by atoms with Crippen molar-refractivity contribution >= 4 is 16.9 Å². The van der Waals surface area contributed by atoms with Crippen LogP contribution in [0.15, 0.2) is 21.3 Å². The molecule has 28 heavy (non-hydrogen) atoms. The number of benzene rings is 1. The van der Waals surface area contributed by atoms with Crippen LogP contribution in [0.2, 0.25) is 0 Å². The van der Waals surface area contributed by atoms with Crippen LogP contribution in [-0.4, -0.2) is 44.7 Å². The van der Waals surface area contributed by atoms with Gasteiger partial charge in [-0.1, -0.05) is 0 Å². The lowest BCUT2D eigenvalue weighted by atomic mass is 9.89. The van der Waals surface area contributed by atoms with Gasteiger partial charge < -0.3 is 29.2 Å². The standard InChI is InChI=1S/C20H24O8/c1-9-6-12(22)16-14(26-9)8-13-11(17(16)23)7-15(19(3,4)28-13)27-18(24)20(5,25)10(2)21/h6,8,10,15,21,23,25H,7H2,1-5H3/t10?,15-,20?/m0/s1. The summed E-state index contributed by atoms with van der Waals surface area (Å²) in [5, 5.41) is 30.5. The SMILES string of the molecule is Cc1cc(=O)c2c(O)c3c(cc2o1)OC(C)(C)[C@@H](OC(=O)C(C)(O)C(C)O)C3. The van der Waals surface area contributed by atoms with E-state index in [9.17, 15) is 24.9 Å². The molecular weight excluding hydrogens is 368 g/mol. The minimum absolute atomic E-state index is 0.0220. The van der Waals surface area contributed by atoms with Gasteiger partial charge in [0, 0.05) is 24.1 Å². The Hall–Kier alpha value is -2.58. The predicted octanol–water partition coefficient (Wildman–Crippen LogP) is 1.56. The minimum Gasteiger partial charge on any atom is -0.507 e. The summed E-state index contributed by atoms with van der Waals surface area (Å²) in [7, 11) is 0. The molecule has 1 aromatic heterocycles. The summed E-state index contributed by atoms with van der Waals surface area (Å²) in [6.45, 7) is 7.45. The van der Waals surface area contributed by atoms with E-state index in [1.54, 1.807) is 20.8 Å². The topological polar surface area (TPSA) is 126 Å². The van der Waals surface area contributed by atoms with E-state index < -0.39 is 34.8 Å². The molecule has 0 bridgehead atoms. The average Bonchev–Trinajstić information content (AvgIpc) is 2.54. The second-order valence-corrected chi connectivity index (χ2v) is 7.92. The number of hydrogen-bond acceptors (Lipinski definition) is 8. The van der Waals surface area contributed by atoms with Crippen LogP contribution in [0.5, 0.6) is 11.5 Å². The molecule has 3 atom stereocenters. The lowest BCUT2D eigenvalue weighted by Gasteiger charge is -2.40. The zero-order chi connectivity index (χ0) is 21.0. The molecule has 0 spiro atoms. The summed E-state index contributed by atoms with van der Waals surface area (Å²) in [5.41, 5.74) is -2.99. The molecule has 1 aliphatic rings. The zero-order valence-corrected chi connectivity index (χ0v) is 16.4. The first-order valence-corrected chi connectivity index (χ1v) is 8.94. The summed E-state index contributed by atoms with van der Waals surface area (Å²) in [6, 6.07) is 2.81. The van der Waals surface area contributed by atoms with Gasteiger partial charge in [-0.3, -0.25) is 4.79 Å². The van der Waals surface area contributed by atoms with Gasteiger partial charge in [0.1, 0.15) is 39.9 Å². The molecule has 1 aromatic carbocycles. The second-order valence-electron chi connectivity index (χ2n) is 7.92. The van der Waals surface area contributed by atoms with E-state index in [-0.39, 0.29) is 23.1 Å². The number of phenols is 1. The fourth-order valence-electron chi connectivity index (χ4n) is 3.11. The summed E-state index contributed by atoms with van der Waals surface area (Å²) in [4.78, 5) is 24.6. The van der Waals surface area contributed by atoms with Crippen molar-refractivity contribution in [1.82, 2.24) is 0 Å². The van der Waals surface area contributed by atoms with Crippen molar-refractivity contribution in [3.63, 3.8) is 0 Å². The third kappa shape index (κ3) is 3.22. The number of fused-ring (bicyclic) bond motifs is 2. The number of ether oxygens (including phenoxy) is 2. The van der Waals surface area contributed by atoms with Gasteiger partial charge in [0.2, 0.25) is 0 Å². The molecule has 8 heteroatoms. The van der Waals surface area contributed by atoms with E-state index in [1.165, 1.54) is 19.1 Å². The number of aromatic hydroxyl groups is 1. The first-order valence-electron chi connectivity index (χ1n) is 8.94. The van der Waals surface area contributed by atoms with E-state index in [0.717, 1.165) is 6.92 Å². The third-order valence-corrected chi connectivity index (χ3v) is 5.19. The minimum atomic E-state index is -2.10. The van der Waals surface area contributed by atoms with Gasteiger partial charge in [0.05, 0.1) is 6.10 Å². The monoisotopic (exact) mass is 392 g/mol. The van der Waals surface area contributed by atoms with Crippen LogP contribution in [0.3, 0.4) is 0 Å². The lowest BCUT2D eigenvalue weighted by Crippen LogP contribution is -2.54. The van der Waals surface area contributed by atoms with Crippen molar-refractivity contribution < 1.29 is 34.0 Å². The Morgan fingerprint density at radius 3 is 2.64 bits per heavy atom. The summed E-state index contributed by atoms with van der Waals surface area (Å²) in [5.74, 6) is -0.583. The van der Waals surface area contributed by atoms with Crippen molar-refractivity contribution in [3.05, 3.63) is 33.7 Å². The summed E-state index contributed by atoms with van der Waals surface area (Å²) < 4.78 is 16.9. The molecule has 1 aliphatic heterocycles. The molecule has 0 radical (unpaired) electrons. The molecule has 2 aromatic rings. The van der Waals surface area contributed by atoms with Crippen molar-refractivity contribution in [2.75, 3.05) is 0 Å². The Balaban J connectivity index is 2.04. The number of aliphatic hydroxyl groups excluding tert-OH is 1. The van der Waals surface area contributed by atoms with Gasteiger partial charge in [-0.25, -0.2) is 4.79 Å². The molecule has 0 fully saturated rings.